The zero-order valence-electron chi connectivity index (χ0n) is 17.0. The van der Waals surface area contributed by atoms with E-state index in [9.17, 15) is 9.59 Å². The number of amides is 1. The summed E-state index contributed by atoms with van der Waals surface area (Å²) in [6.07, 6.45) is 1.53. The zero-order chi connectivity index (χ0) is 20.1. The van der Waals surface area contributed by atoms with E-state index < -0.39 is 0 Å². The molecule has 0 aliphatic carbocycles. The molecule has 3 rings (SSSR count). The van der Waals surface area contributed by atoms with Gasteiger partial charge in [0.25, 0.3) is 0 Å². The van der Waals surface area contributed by atoms with E-state index in [-0.39, 0.29) is 17.6 Å². The van der Waals surface area contributed by atoms with Crippen LogP contribution in [0.15, 0.2) is 42.5 Å². The van der Waals surface area contributed by atoms with Crippen LogP contribution in [-0.2, 0) is 10.5 Å². The van der Waals surface area contributed by atoms with Gasteiger partial charge in [-0.3, -0.25) is 9.59 Å². The molecule has 1 heterocycles. The molecule has 0 saturated carbocycles. The van der Waals surface area contributed by atoms with Crippen molar-refractivity contribution in [2.75, 3.05) is 18.8 Å². The van der Waals surface area contributed by atoms with Gasteiger partial charge >= 0.3 is 0 Å². The first-order valence-electron chi connectivity index (χ1n) is 9.96. The van der Waals surface area contributed by atoms with Gasteiger partial charge in [0.1, 0.15) is 0 Å². The molecule has 0 bridgehead atoms. The van der Waals surface area contributed by atoms with E-state index in [2.05, 4.69) is 37.3 Å². The summed E-state index contributed by atoms with van der Waals surface area (Å²) < 4.78 is 0. The van der Waals surface area contributed by atoms with Crippen molar-refractivity contribution in [1.82, 2.24) is 4.90 Å². The molecule has 1 fully saturated rings. The van der Waals surface area contributed by atoms with Gasteiger partial charge in [-0.05, 0) is 44.7 Å². The fourth-order valence-electron chi connectivity index (χ4n) is 3.85. The molecule has 0 radical (unpaired) electrons. The molecule has 0 atom stereocenters. The molecule has 0 unspecified atom stereocenters. The highest BCUT2D eigenvalue weighted by Crippen LogP contribution is 2.24. The maximum Gasteiger partial charge on any atom is 0.232 e. The number of likely N-dealkylation sites (tertiary alicyclic amines) is 1. The average Bonchev–Trinajstić information content (AvgIpc) is 2.67. The Labute approximate surface area is 172 Å². The highest BCUT2D eigenvalue weighted by Gasteiger charge is 2.28. The second-order valence-electron chi connectivity index (χ2n) is 7.82. The van der Waals surface area contributed by atoms with Gasteiger partial charge in [0.15, 0.2) is 5.78 Å². The van der Waals surface area contributed by atoms with Crippen LogP contribution in [0, 0.1) is 26.7 Å². The van der Waals surface area contributed by atoms with Crippen molar-refractivity contribution in [3.63, 3.8) is 0 Å². The first kappa shape index (κ1) is 20.7. The largest absolute Gasteiger partial charge is 0.342 e. The number of piperidine rings is 1. The van der Waals surface area contributed by atoms with Crippen molar-refractivity contribution in [3.8, 4) is 0 Å². The maximum absolute atomic E-state index is 12.9. The smallest absolute Gasteiger partial charge is 0.232 e. The Bertz CT molecular complexity index is 853. The van der Waals surface area contributed by atoms with E-state index in [0.717, 1.165) is 29.7 Å². The number of hydrogen-bond donors (Lipinski definition) is 0. The van der Waals surface area contributed by atoms with Gasteiger partial charge in [-0.15, -0.1) is 11.8 Å². The SMILES string of the molecule is Cc1cccc(CSCC(=O)N2CCC(C(=O)c3ccc(C)cc3C)CC2)c1. The number of nitrogens with zero attached hydrogens (tertiary/aromatic N) is 1. The van der Waals surface area contributed by atoms with Crippen LogP contribution in [0.2, 0.25) is 0 Å². The third kappa shape index (κ3) is 5.26. The summed E-state index contributed by atoms with van der Waals surface area (Å²) in [5.74, 6) is 1.82. The van der Waals surface area contributed by atoms with Crippen molar-refractivity contribution in [2.45, 2.75) is 39.4 Å². The number of thioether (sulfide) groups is 1. The third-order valence-electron chi connectivity index (χ3n) is 5.44. The summed E-state index contributed by atoms with van der Waals surface area (Å²) in [5.41, 5.74) is 5.58. The molecule has 1 amide bonds. The summed E-state index contributed by atoms with van der Waals surface area (Å²) in [5, 5.41) is 0. The average molecular weight is 396 g/mol. The Morgan fingerprint density at radius 2 is 1.71 bits per heavy atom. The van der Waals surface area contributed by atoms with Crippen molar-refractivity contribution in [2.24, 2.45) is 5.92 Å². The fourth-order valence-corrected chi connectivity index (χ4v) is 4.72. The molecular formula is C24H29NO2S. The van der Waals surface area contributed by atoms with Crippen LogP contribution >= 0.6 is 11.8 Å². The molecule has 2 aromatic rings. The van der Waals surface area contributed by atoms with Crippen LogP contribution in [0.5, 0.6) is 0 Å². The summed E-state index contributed by atoms with van der Waals surface area (Å²) >= 11 is 1.67. The summed E-state index contributed by atoms with van der Waals surface area (Å²) in [4.78, 5) is 27.3. The molecule has 0 aromatic heterocycles. The van der Waals surface area contributed by atoms with Crippen LogP contribution in [0.3, 0.4) is 0 Å². The zero-order valence-corrected chi connectivity index (χ0v) is 17.8. The molecule has 4 heteroatoms. The minimum absolute atomic E-state index is 0.0328. The Balaban J connectivity index is 1.46. The molecule has 28 heavy (non-hydrogen) atoms. The monoisotopic (exact) mass is 395 g/mol. The van der Waals surface area contributed by atoms with Gasteiger partial charge in [-0.2, -0.15) is 0 Å². The number of carbonyl (C=O) groups is 2. The minimum atomic E-state index is 0.0328. The van der Waals surface area contributed by atoms with Crippen molar-refractivity contribution in [3.05, 3.63) is 70.3 Å². The molecule has 148 valence electrons. The first-order chi connectivity index (χ1) is 13.4. The van der Waals surface area contributed by atoms with Gasteiger partial charge in [0.2, 0.25) is 5.91 Å². The van der Waals surface area contributed by atoms with Crippen LogP contribution < -0.4 is 0 Å². The van der Waals surface area contributed by atoms with Crippen LogP contribution in [-0.4, -0.2) is 35.4 Å². The normalized spacial score (nSPS) is 14.9. The molecule has 0 N–H and O–H groups in total. The van der Waals surface area contributed by atoms with Crippen LogP contribution in [0.4, 0.5) is 0 Å². The number of Topliss-reactive ketones (excluding diaryl/α,β-unsaturated/α-hetero) is 1. The number of aryl methyl sites for hydroxylation is 3. The van der Waals surface area contributed by atoms with Crippen LogP contribution in [0.1, 0.15) is 45.5 Å². The first-order valence-corrected chi connectivity index (χ1v) is 11.1. The Morgan fingerprint density at radius 3 is 2.39 bits per heavy atom. The van der Waals surface area contributed by atoms with Gasteiger partial charge < -0.3 is 4.90 Å². The quantitative estimate of drug-likeness (QED) is 0.648. The van der Waals surface area contributed by atoms with E-state index in [1.807, 2.05) is 30.9 Å². The molecule has 1 saturated heterocycles. The van der Waals surface area contributed by atoms with Crippen molar-refractivity contribution >= 4 is 23.5 Å². The van der Waals surface area contributed by atoms with E-state index in [0.29, 0.717) is 18.8 Å². The number of hydrogen-bond acceptors (Lipinski definition) is 3. The predicted molar refractivity (Wildman–Crippen MR) is 117 cm³/mol. The lowest BCUT2D eigenvalue weighted by Crippen LogP contribution is -2.41. The molecule has 0 spiro atoms. The highest BCUT2D eigenvalue weighted by atomic mass is 32.2. The summed E-state index contributed by atoms with van der Waals surface area (Å²) in [6.45, 7) is 7.51. The van der Waals surface area contributed by atoms with E-state index in [1.54, 1.807) is 11.8 Å². The number of rotatable bonds is 6. The number of carbonyl (C=O) groups excluding carboxylic acids is 2. The Morgan fingerprint density at radius 1 is 1.00 bits per heavy atom. The number of ketones is 1. The fraction of sp³-hybridized carbons (Fsp3) is 0.417. The molecule has 2 aromatic carbocycles. The minimum Gasteiger partial charge on any atom is -0.342 e. The van der Waals surface area contributed by atoms with Gasteiger partial charge in [-0.25, -0.2) is 0 Å². The van der Waals surface area contributed by atoms with Gasteiger partial charge in [0.05, 0.1) is 5.75 Å². The van der Waals surface area contributed by atoms with Crippen molar-refractivity contribution < 1.29 is 9.59 Å². The Kier molecular flexibility index (Phi) is 6.95. The van der Waals surface area contributed by atoms with E-state index in [1.165, 1.54) is 16.7 Å². The molecule has 3 nitrogen and oxygen atoms in total. The molecule has 1 aliphatic rings. The third-order valence-corrected chi connectivity index (χ3v) is 6.43. The topological polar surface area (TPSA) is 37.4 Å². The Hall–Kier alpha value is -2.07. The second kappa shape index (κ2) is 9.42. The predicted octanol–water partition coefficient (Wildman–Crippen LogP) is 4.97. The van der Waals surface area contributed by atoms with Gasteiger partial charge in [0, 0.05) is 30.3 Å². The summed E-state index contributed by atoms with van der Waals surface area (Å²) in [6, 6.07) is 14.4. The van der Waals surface area contributed by atoms with E-state index >= 15 is 0 Å². The molecule has 1 aliphatic heterocycles. The second-order valence-corrected chi connectivity index (χ2v) is 8.81. The maximum atomic E-state index is 12.9. The lowest BCUT2D eigenvalue weighted by atomic mass is 9.87. The van der Waals surface area contributed by atoms with Crippen LogP contribution in [0.25, 0.3) is 0 Å². The van der Waals surface area contributed by atoms with Crippen molar-refractivity contribution in [1.29, 1.82) is 0 Å². The molecular weight excluding hydrogens is 366 g/mol. The lowest BCUT2D eigenvalue weighted by molar-refractivity contribution is -0.129. The standard InChI is InChI=1S/C24H29NO2S/c1-17-5-4-6-20(14-17)15-28-16-23(26)25-11-9-21(10-12-25)24(27)22-8-7-18(2)13-19(22)3/h4-8,13-14,21H,9-12,15-16H2,1-3H3. The van der Waals surface area contributed by atoms with E-state index in [4.69, 9.17) is 0 Å². The number of benzene rings is 2. The lowest BCUT2D eigenvalue weighted by Gasteiger charge is -2.31. The highest BCUT2D eigenvalue weighted by molar-refractivity contribution is 7.99. The van der Waals surface area contributed by atoms with Gasteiger partial charge in [-0.1, -0.05) is 53.6 Å². The summed E-state index contributed by atoms with van der Waals surface area (Å²) in [7, 11) is 0.